The Morgan fingerprint density at radius 3 is 2.56 bits per heavy atom. The van der Waals surface area contributed by atoms with Crippen molar-refractivity contribution in [3.63, 3.8) is 0 Å². The molecular formula is C23H29N4O4P. The number of nitrogens with one attached hydrogen (secondary N) is 1. The van der Waals surface area contributed by atoms with Crippen LogP contribution in [-0.2, 0) is 27.4 Å². The summed E-state index contributed by atoms with van der Waals surface area (Å²) in [4.78, 5) is 16.1. The molecule has 0 spiro atoms. The van der Waals surface area contributed by atoms with Crippen LogP contribution in [0.1, 0.15) is 43.1 Å². The zero-order valence-electron chi connectivity index (χ0n) is 18.4. The Hall–Kier alpha value is -2.96. The average molecular weight is 456 g/mol. The van der Waals surface area contributed by atoms with E-state index in [0.29, 0.717) is 22.8 Å². The van der Waals surface area contributed by atoms with E-state index in [1.807, 2.05) is 29.8 Å². The van der Waals surface area contributed by atoms with Crippen molar-refractivity contribution in [3.05, 3.63) is 59.4 Å². The van der Waals surface area contributed by atoms with Crippen LogP contribution in [0.4, 0.5) is 0 Å². The van der Waals surface area contributed by atoms with Crippen molar-refractivity contribution >= 4 is 35.5 Å². The molecule has 9 heteroatoms. The predicted octanol–water partition coefficient (Wildman–Crippen LogP) is 3.64. The number of imidazole rings is 1. The van der Waals surface area contributed by atoms with Gasteiger partial charge in [-0.05, 0) is 30.2 Å². The van der Waals surface area contributed by atoms with Gasteiger partial charge in [-0.2, -0.15) is 0 Å². The highest BCUT2D eigenvalue weighted by Gasteiger charge is 2.30. The summed E-state index contributed by atoms with van der Waals surface area (Å²) in [6, 6.07) is 12.6. The third-order valence-electron chi connectivity index (χ3n) is 5.37. The molecule has 170 valence electrons. The van der Waals surface area contributed by atoms with Crippen LogP contribution >= 0.6 is 7.37 Å². The molecule has 2 aromatic carbocycles. The van der Waals surface area contributed by atoms with Gasteiger partial charge in [0.2, 0.25) is 7.37 Å². The topological polar surface area (TPSA) is 131 Å². The first-order chi connectivity index (χ1) is 15.2. The van der Waals surface area contributed by atoms with Crippen LogP contribution in [0.2, 0.25) is 0 Å². The number of hydrogen-bond donors (Lipinski definition) is 3. The number of nitrogen functional groups attached to an aromatic ring is 1. The number of carboxylic acid groups (broad SMARTS) is 1. The van der Waals surface area contributed by atoms with E-state index in [9.17, 15) is 14.5 Å². The van der Waals surface area contributed by atoms with Gasteiger partial charge in [-0.15, -0.1) is 0 Å². The molecule has 0 amide bonds. The number of fused-ring (bicyclic) bond motifs is 1. The SMILES string of the molecule is CCCCCOP(=O)(CC(=O)O)c1ccc2c(c1)nc(Cc1ccc(C(=N)N)cc1)n2C. The van der Waals surface area contributed by atoms with Crippen molar-refractivity contribution in [1.29, 1.82) is 5.41 Å². The van der Waals surface area contributed by atoms with Gasteiger partial charge >= 0.3 is 5.97 Å². The van der Waals surface area contributed by atoms with Crippen molar-refractivity contribution in [2.75, 3.05) is 12.8 Å². The molecule has 1 unspecified atom stereocenters. The van der Waals surface area contributed by atoms with Gasteiger partial charge < -0.3 is 19.9 Å². The maximum absolute atomic E-state index is 13.4. The van der Waals surface area contributed by atoms with Gasteiger partial charge in [0.1, 0.15) is 17.8 Å². The number of aryl methyl sites for hydroxylation is 1. The number of unbranched alkanes of at least 4 members (excludes halogenated alkanes) is 2. The zero-order valence-corrected chi connectivity index (χ0v) is 19.3. The van der Waals surface area contributed by atoms with Crippen LogP contribution in [0.3, 0.4) is 0 Å². The van der Waals surface area contributed by atoms with Crippen molar-refractivity contribution in [2.24, 2.45) is 12.8 Å². The minimum absolute atomic E-state index is 0.0227. The quantitative estimate of drug-likeness (QED) is 0.175. The highest BCUT2D eigenvalue weighted by molar-refractivity contribution is 7.67. The zero-order chi connectivity index (χ0) is 23.3. The van der Waals surface area contributed by atoms with Gasteiger partial charge in [0.05, 0.1) is 17.6 Å². The number of aromatic nitrogens is 2. The fourth-order valence-corrected chi connectivity index (χ4v) is 5.37. The number of rotatable bonds is 11. The number of amidine groups is 1. The highest BCUT2D eigenvalue weighted by atomic mass is 31.2. The number of nitrogens with zero attached hydrogens (tertiary/aromatic N) is 2. The number of aliphatic carboxylic acids is 1. The van der Waals surface area contributed by atoms with Gasteiger partial charge in [-0.25, -0.2) is 4.98 Å². The molecule has 0 saturated carbocycles. The summed E-state index contributed by atoms with van der Waals surface area (Å²) in [5.41, 5.74) is 8.69. The summed E-state index contributed by atoms with van der Waals surface area (Å²) in [6.45, 7) is 2.32. The lowest BCUT2D eigenvalue weighted by molar-refractivity contribution is -0.134. The molecular weight excluding hydrogens is 427 g/mol. The largest absolute Gasteiger partial charge is 0.481 e. The van der Waals surface area contributed by atoms with E-state index < -0.39 is 19.5 Å². The molecule has 0 radical (unpaired) electrons. The van der Waals surface area contributed by atoms with E-state index in [-0.39, 0.29) is 12.4 Å². The average Bonchev–Trinajstić information content (AvgIpc) is 3.06. The molecule has 1 aromatic heterocycles. The monoisotopic (exact) mass is 456 g/mol. The van der Waals surface area contributed by atoms with E-state index in [1.54, 1.807) is 24.3 Å². The summed E-state index contributed by atoms with van der Waals surface area (Å²) in [5.74, 6) is -0.321. The Labute approximate surface area is 187 Å². The number of carboxylic acids is 1. The second kappa shape index (κ2) is 10.1. The van der Waals surface area contributed by atoms with E-state index >= 15 is 0 Å². The molecule has 32 heavy (non-hydrogen) atoms. The molecule has 3 rings (SSSR count). The predicted molar refractivity (Wildman–Crippen MR) is 126 cm³/mol. The number of hydrogen-bond acceptors (Lipinski definition) is 5. The third kappa shape index (κ3) is 5.44. The molecule has 1 heterocycles. The molecule has 0 fully saturated rings. The standard InChI is InChI=1S/C23H29N4O4P/c1-3-4-5-12-31-32(30,15-22(28)29)18-10-11-20-19(14-18)26-21(27(20)2)13-16-6-8-17(9-7-16)23(24)25/h6-11,14H,3-5,12-13,15H2,1-2H3,(H3,24,25)(H,28,29). The lowest BCUT2D eigenvalue weighted by Crippen LogP contribution is -2.16. The molecule has 0 aliphatic heterocycles. The van der Waals surface area contributed by atoms with Gasteiger partial charge in [-0.3, -0.25) is 14.8 Å². The molecule has 8 nitrogen and oxygen atoms in total. The van der Waals surface area contributed by atoms with E-state index in [4.69, 9.17) is 20.7 Å². The summed E-state index contributed by atoms with van der Waals surface area (Å²) < 4.78 is 21.1. The summed E-state index contributed by atoms with van der Waals surface area (Å²) in [7, 11) is -1.63. The van der Waals surface area contributed by atoms with Gasteiger partial charge in [0.15, 0.2) is 0 Å². The number of nitrogens with two attached hydrogens (primary N) is 1. The van der Waals surface area contributed by atoms with E-state index in [2.05, 4.69) is 6.92 Å². The summed E-state index contributed by atoms with van der Waals surface area (Å²) in [5, 5.41) is 17.2. The van der Waals surface area contributed by atoms with Crippen LogP contribution in [0.25, 0.3) is 11.0 Å². The van der Waals surface area contributed by atoms with Gasteiger partial charge in [-0.1, -0.05) is 44.0 Å². The maximum atomic E-state index is 13.4. The lowest BCUT2D eigenvalue weighted by Gasteiger charge is -2.17. The Balaban J connectivity index is 1.89. The van der Waals surface area contributed by atoms with Crippen LogP contribution in [0.15, 0.2) is 42.5 Å². The highest BCUT2D eigenvalue weighted by Crippen LogP contribution is 2.46. The van der Waals surface area contributed by atoms with Crippen molar-refractivity contribution in [3.8, 4) is 0 Å². The second-order valence-electron chi connectivity index (χ2n) is 7.81. The minimum atomic E-state index is -3.54. The van der Waals surface area contributed by atoms with Gasteiger partial charge in [0.25, 0.3) is 0 Å². The maximum Gasteiger partial charge on any atom is 0.313 e. The van der Waals surface area contributed by atoms with Gasteiger partial charge in [0, 0.05) is 24.3 Å². The molecule has 4 N–H and O–H groups in total. The second-order valence-corrected chi connectivity index (χ2v) is 10.3. The normalized spacial score (nSPS) is 13.2. The first kappa shape index (κ1) is 23.7. The van der Waals surface area contributed by atoms with Crippen LogP contribution in [0, 0.1) is 5.41 Å². The summed E-state index contributed by atoms with van der Waals surface area (Å²) >= 11 is 0. The first-order valence-electron chi connectivity index (χ1n) is 10.6. The fraction of sp³-hybridized carbons (Fsp3) is 0.348. The Bertz CT molecular complexity index is 1170. The van der Waals surface area contributed by atoms with Crippen molar-refractivity contribution in [2.45, 2.75) is 32.6 Å². The number of benzene rings is 2. The Morgan fingerprint density at radius 2 is 1.94 bits per heavy atom. The lowest BCUT2D eigenvalue weighted by atomic mass is 10.1. The molecule has 0 saturated heterocycles. The molecule has 0 aliphatic rings. The molecule has 0 aliphatic carbocycles. The Kier molecular flexibility index (Phi) is 7.48. The van der Waals surface area contributed by atoms with Crippen LogP contribution in [0.5, 0.6) is 0 Å². The van der Waals surface area contributed by atoms with E-state index in [0.717, 1.165) is 36.2 Å². The Morgan fingerprint density at radius 1 is 1.22 bits per heavy atom. The third-order valence-corrected chi connectivity index (χ3v) is 7.72. The fourth-order valence-electron chi connectivity index (χ4n) is 3.55. The van der Waals surface area contributed by atoms with Crippen LogP contribution in [-0.4, -0.2) is 39.2 Å². The number of carbonyl (C=O) groups is 1. The minimum Gasteiger partial charge on any atom is -0.481 e. The smallest absolute Gasteiger partial charge is 0.313 e. The van der Waals surface area contributed by atoms with Crippen molar-refractivity contribution in [1.82, 2.24) is 9.55 Å². The molecule has 1 atom stereocenters. The molecule has 0 bridgehead atoms. The van der Waals surface area contributed by atoms with Crippen LogP contribution < -0.4 is 11.0 Å². The first-order valence-corrected chi connectivity index (χ1v) is 12.4. The van der Waals surface area contributed by atoms with Crippen molar-refractivity contribution < 1.29 is 19.0 Å². The molecule has 3 aromatic rings. The summed E-state index contributed by atoms with van der Waals surface area (Å²) in [6.07, 6.45) is 2.68. The van der Waals surface area contributed by atoms with E-state index in [1.165, 1.54) is 0 Å².